The van der Waals surface area contributed by atoms with Crippen LogP contribution in [-0.2, 0) is 23.6 Å². The van der Waals surface area contributed by atoms with Gasteiger partial charge in [-0.15, -0.1) is 0 Å². The number of hydrogen-bond donors (Lipinski definition) is 0. The van der Waals surface area contributed by atoms with Crippen molar-refractivity contribution in [3.05, 3.63) is 42.1 Å². The average Bonchev–Trinajstić information content (AvgIpc) is 2.84. The van der Waals surface area contributed by atoms with Gasteiger partial charge in [-0.2, -0.15) is 4.31 Å². The van der Waals surface area contributed by atoms with E-state index in [1.807, 2.05) is 25.1 Å². The minimum absolute atomic E-state index is 0.124. The van der Waals surface area contributed by atoms with Crippen LogP contribution in [-0.4, -0.2) is 58.3 Å². The molecule has 0 unspecified atom stereocenters. The molecule has 1 saturated heterocycles. The fourth-order valence-corrected chi connectivity index (χ4v) is 4.35. The molecule has 7 nitrogen and oxygen atoms in total. The van der Waals surface area contributed by atoms with E-state index < -0.39 is 10.0 Å². The highest BCUT2D eigenvalue weighted by Gasteiger charge is 2.28. The van der Waals surface area contributed by atoms with E-state index in [4.69, 9.17) is 0 Å². The van der Waals surface area contributed by atoms with Crippen LogP contribution in [0.15, 0.2) is 35.7 Å². The van der Waals surface area contributed by atoms with Gasteiger partial charge in [0.1, 0.15) is 0 Å². The number of nitrogens with zero attached hydrogens (tertiary/aromatic N) is 5. The summed E-state index contributed by atoms with van der Waals surface area (Å²) in [6.07, 6.45) is 3.87. The SMILES string of the molecule is Cc1cccc(CN2CCCN(S(=O)(=O)c3cn(C)cn3)CC2)n1. The Balaban J connectivity index is 1.67. The fourth-order valence-electron chi connectivity index (χ4n) is 2.92. The number of rotatable bonds is 4. The van der Waals surface area contributed by atoms with Crippen LogP contribution >= 0.6 is 0 Å². The third-order valence-corrected chi connectivity index (χ3v) is 5.95. The van der Waals surface area contributed by atoms with Gasteiger partial charge in [-0.3, -0.25) is 9.88 Å². The average molecular weight is 349 g/mol. The Hall–Kier alpha value is -1.77. The smallest absolute Gasteiger partial charge is 0.262 e. The van der Waals surface area contributed by atoms with Crippen LogP contribution in [0.5, 0.6) is 0 Å². The Bertz CT molecular complexity index is 802. The summed E-state index contributed by atoms with van der Waals surface area (Å²) >= 11 is 0. The van der Waals surface area contributed by atoms with E-state index in [-0.39, 0.29) is 5.03 Å². The molecule has 24 heavy (non-hydrogen) atoms. The Morgan fingerprint density at radius 2 is 2.00 bits per heavy atom. The first-order valence-electron chi connectivity index (χ1n) is 8.08. The summed E-state index contributed by atoms with van der Waals surface area (Å²) in [7, 11) is -1.74. The number of sulfonamides is 1. The second-order valence-electron chi connectivity index (χ2n) is 6.18. The first-order valence-corrected chi connectivity index (χ1v) is 9.52. The Kier molecular flexibility index (Phi) is 4.98. The molecular formula is C16H23N5O2S. The molecule has 0 N–H and O–H groups in total. The lowest BCUT2D eigenvalue weighted by atomic mass is 10.3. The van der Waals surface area contributed by atoms with Crippen molar-refractivity contribution >= 4 is 10.0 Å². The lowest BCUT2D eigenvalue weighted by Gasteiger charge is -2.20. The first-order chi connectivity index (χ1) is 11.4. The number of pyridine rings is 1. The lowest BCUT2D eigenvalue weighted by Crippen LogP contribution is -2.35. The molecule has 0 amide bonds. The van der Waals surface area contributed by atoms with Crippen LogP contribution in [0.4, 0.5) is 0 Å². The van der Waals surface area contributed by atoms with Gasteiger partial charge in [-0.05, 0) is 32.0 Å². The van der Waals surface area contributed by atoms with Crippen molar-refractivity contribution in [2.75, 3.05) is 26.2 Å². The predicted molar refractivity (Wildman–Crippen MR) is 90.8 cm³/mol. The lowest BCUT2D eigenvalue weighted by molar-refractivity contribution is 0.275. The Labute approximate surface area is 143 Å². The summed E-state index contributed by atoms with van der Waals surface area (Å²) < 4.78 is 28.6. The van der Waals surface area contributed by atoms with Crippen molar-refractivity contribution < 1.29 is 8.42 Å². The maximum Gasteiger partial charge on any atom is 0.262 e. The number of imidazole rings is 1. The molecule has 2 aromatic rings. The highest BCUT2D eigenvalue weighted by Crippen LogP contribution is 2.16. The monoisotopic (exact) mass is 349 g/mol. The molecule has 0 spiro atoms. The molecule has 3 rings (SSSR count). The summed E-state index contributed by atoms with van der Waals surface area (Å²) in [4.78, 5) is 10.8. The van der Waals surface area contributed by atoms with Crippen LogP contribution in [0, 0.1) is 6.92 Å². The molecule has 0 atom stereocenters. The quantitative estimate of drug-likeness (QED) is 0.824. The van der Waals surface area contributed by atoms with Crippen LogP contribution < -0.4 is 0 Å². The van der Waals surface area contributed by atoms with E-state index in [2.05, 4.69) is 14.9 Å². The molecule has 2 aromatic heterocycles. The molecule has 3 heterocycles. The highest BCUT2D eigenvalue weighted by molar-refractivity contribution is 7.89. The summed E-state index contributed by atoms with van der Waals surface area (Å²) in [6.45, 7) is 5.29. The van der Waals surface area contributed by atoms with Crippen LogP contribution in [0.3, 0.4) is 0 Å². The van der Waals surface area contributed by atoms with Gasteiger partial charge in [-0.25, -0.2) is 13.4 Å². The number of hydrogen-bond acceptors (Lipinski definition) is 5. The van der Waals surface area contributed by atoms with E-state index in [0.29, 0.717) is 19.6 Å². The standard InChI is InChI=1S/C16H23N5O2S/c1-14-5-3-6-15(18-14)11-20-7-4-8-21(10-9-20)24(22,23)16-12-19(2)13-17-16/h3,5-6,12-13H,4,7-11H2,1-2H3. The number of aromatic nitrogens is 3. The van der Waals surface area contributed by atoms with Gasteiger partial charge in [0.15, 0.2) is 5.03 Å². The van der Waals surface area contributed by atoms with E-state index in [1.54, 1.807) is 22.1 Å². The zero-order valence-corrected chi connectivity index (χ0v) is 14.9. The van der Waals surface area contributed by atoms with E-state index in [9.17, 15) is 8.42 Å². The normalized spacial score (nSPS) is 17.8. The molecule has 130 valence electrons. The van der Waals surface area contributed by atoms with Crippen molar-refractivity contribution in [1.29, 1.82) is 0 Å². The predicted octanol–water partition coefficient (Wildman–Crippen LogP) is 1.02. The van der Waals surface area contributed by atoms with E-state index in [1.165, 1.54) is 6.33 Å². The van der Waals surface area contributed by atoms with Gasteiger partial charge in [0.05, 0.1) is 12.0 Å². The van der Waals surface area contributed by atoms with Gasteiger partial charge in [0, 0.05) is 45.1 Å². The fraction of sp³-hybridized carbons (Fsp3) is 0.500. The van der Waals surface area contributed by atoms with E-state index in [0.717, 1.165) is 30.9 Å². The summed E-state index contributed by atoms with van der Waals surface area (Å²) in [5, 5.41) is 0.124. The summed E-state index contributed by atoms with van der Waals surface area (Å²) in [5.41, 5.74) is 2.03. The zero-order valence-electron chi connectivity index (χ0n) is 14.1. The Morgan fingerprint density at radius 1 is 1.17 bits per heavy atom. The second kappa shape index (κ2) is 7.00. The van der Waals surface area contributed by atoms with Crippen LogP contribution in [0.2, 0.25) is 0 Å². The molecule has 0 aliphatic carbocycles. The van der Waals surface area contributed by atoms with Gasteiger partial charge in [0.25, 0.3) is 10.0 Å². The molecule has 8 heteroatoms. The molecule has 0 saturated carbocycles. The molecule has 0 aromatic carbocycles. The van der Waals surface area contributed by atoms with Crippen molar-refractivity contribution in [1.82, 2.24) is 23.7 Å². The third kappa shape index (κ3) is 3.82. The van der Waals surface area contributed by atoms with Crippen molar-refractivity contribution in [3.8, 4) is 0 Å². The maximum atomic E-state index is 12.7. The third-order valence-electron chi connectivity index (χ3n) is 4.16. The molecule has 0 bridgehead atoms. The summed E-state index contributed by atoms with van der Waals surface area (Å²) in [5.74, 6) is 0. The van der Waals surface area contributed by atoms with Gasteiger partial charge in [0.2, 0.25) is 0 Å². The topological polar surface area (TPSA) is 71.3 Å². The maximum absolute atomic E-state index is 12.7. The van der Waals surface area contributed by atoms with Crippen molar-refractivity contribution in [3.63, 3.8) is 0 Å². The van der Waals surface area contributed by atoms with Crippen LogP contribution in [0.25, 0.3) is 0 Å². The minimum Gasteiger partial charge on any atom is -0.339 e. The van der Waals surface area contributed by atoms with Crippen LogP contribution in [0.1, 0.15) is 17.8 Å². The molecule has 1 fully saturated rings. The first kappa shape index (κ1) is 17.1. The highest BCUT2D eigenvalue weighted by atomic mass is 32.2. The van der Waals surface area contributed by atoms with Gasteiger partial charge >= 0.3 is 0 Å². The van der Waals surface area contributed by atoms with Gasteiger partial charge < -0.3 is 4.57 Å². The molecule has 1 aliphatic heterocycles. The molecular weight excluding hydrogens is 326 g/mol. The minimum atomic E-state index is -3.51. The zero-order chi connectivity index (χ0) is 17.2. The molecule has 1 aliphatic rings. The molecule has 0 radical (unpaired) electrons. The van der Waals surface area contributed by atoms with Crippen molar-refractivity contribution in [2.24, 2.45) is 7.05 Å². The largest absolute Gasteiger partial charge is 0.339 e. The van der Waals surface area contributed by atoms with Crippen molar-refractivity contribution in [2.45, 2.75) is 24.9 Å². The summed E-state index contributed by atoms with van der Waals surface area (Å²) in [6, 6.07) is 6.00. The number of aryl methyl sites for hydroxylation is 2. The van der Waals surface area contributed by atoms with E-state index >= 15 is 0 Å². The second-order valence-corrected chi connectivity index (χ2v) is 8.07. The van der Waals surface area contributed by atoms with Gasteiger partial charge in [-0.1, -0.05) is 6.07 Å². The Morgan fingerprint density at radius 3 is 2.71 bits per heavy atom.